The van der Waals surface area contributed by atoms with Crippen LogP contribution in [-0.4, -0.2) is 175 Å². The molecule has 0 saturated carbocycles. The summed E-state index contributed by atoms with van der Waals surface area (Å²) in [6, 6.07) is 3.19. The average Bonchev–Trinajstić information content (AvgIpc) is 4.17. The van der Waals surface area contributed by atoms with Gasteiger partial charge in [-0.05, 0) is 62.6 Å². The van der Waals surface area contributed by atoms with E-state index >= 15 is 0 Å². The number of aliphatic hydroxyl groups is 2. The first-order valence-electron chi connectivity index (χ1n) is 25.1. The molecule has 2 aliphatic heterocycles. The van der Waals surface area contributed by atoms with E-state index < -0.39 is 139 Å². The Kier molecular flexibility index (Phi) is 21.0. The molecule has 2 saturated heterocycles. The Balaban J connectivity index is 1.26. The molecule has 25 nitrogen and oxygen atoms in total. The maximum Gasteiger partial charge on any atom is 0.305 e. The van der Waals surface area contributed by atoms with Crippen LogP contribution in [0.4, 0.5) is 0 Å². The molecule has 76 heavy (non-hydrogen) atoms. The van der Waals surface area contributed by atoms with Crippen molar-refractivity contribution in [2.75, 3.05) is 19.7 Å². The third-order valence-electron chi connectivity index (χ3n) is 13.3. The Labute approximate surface area is 438 Å². The first kappa shape index (κ1) is 59.0. The summed E-state index contributed by atoms with van der Waals surface area (Å²) in [4.78, 5) is 152. The molecule has 25 heteroatoms. The highest BCUT2D eigenvalue weighted by Crippen LogP contribution is 2.23. The molecule has 0 aliphatic carbocycles. The number of primary amides is 1. The minimum atomic E-state index is -1.75. The monoisotopic (exact) mass is 1060 g/mol. The summed E-state index contributed by atoms with van der Waals surface area (Å²) in [5.41, 5.74) is 7.49. The Morgan fingerprint density at radius 3 is 1.79 bits per heavy atom. The van der Waals surface area contributed by atoms with Gasteiger partial charge in [-0.1, -0.05) is 62.4 Å². The fraction of sp³-hybridized carbons (Fsp3) is 0.510. The van der Waals surface area contributed by atoms with Crippen molar-refractivity contribution in [3.05, 3.63) is 71.9 Å². The average molecular weight is 1060 g/mol. The third-order valence-corrected chi connectivity index (χ3v) is 13.3. The van der Waals surface area contributed by atoms with E-state index in [0.717, 1.165) is 10.9 Å². The quantitative estimate of drug-likeness (QED) is 0.0413. The number of benzene rings is 2. The fourth-order valence-electron chi connectivity index (χ4n) is 9.20. The van der Waals surface area contributed by atoms with Crippen LogP contribution in [0.5, 0.6) is 0 Å². The van der Waals surface area contributed by atoms with Gasteiger partial charge in [0.25, 0.3) is 0 Å². The van der Waals surface area contributed by atoms with Gasteiger partial charge in [0.05, 0.1) is 19.1 Å². The van der Waals surface area contributed by atoms with Gasteiger partial charge in [0.1, 0.15) is 54.4 Å². The highest BCUT2D eigenvalue weighted by Gasteiger charge is 2.42. The number of aliphatic carboxylic acids is 1. The minimum absolute atomic E-state index is 0.0390. The minimum Gasteiger partial charge on any atom is -0.481 e. The smallest absolute Gasteiger partial charge is 0.305 e. The van der Waals surface area contributed by atoms with Crippen LogP contribution in [0.3, 0.4) is 0 Å². The predicted molar refractivity (Wildman–Crippen MR) is 272 cm³/mol. The van der Waals surface area contributed by atoms with Crippen molar-refractivity contribution in [1.29, 1.82) is 0 Å². The number of hydrogen-bond acceptors (Lipinski definition) is 13. The lowest BCUT2D eigenvalue weighted by Gasteiger charge is -2.30. The molecule has 5 rings (SSSR count). The number of nitrogens with two attached hydrogens (primary N) is 1. The normalized spacial score (nSPS) is 18.4. The zero-order chi connectivity index (χ0) is 56.0. The van der Waals surface area contributed by atoms with Crippen molar-refractivity contribution in [2.24, 2.45) is 11.7 Å². The Bertz CT molecular complexity index is 2630. The van der Waals surface area contributed by atoms with Crippen molar-refractivity contribution in [1.82, 2.24) is 52.0 Å². The van der Waals surface area contributed by atoms with E-state index in [1.54, 1.807) is 60.8 Å². The predicted octanol–water partition coefficient (Wildman–Crippen LogP) is -2.64. The molecule has 412 valence electrons. The number of nitrogens with one attached hydrogen (secondary N) is 8. The number of likely N-dealkylation sites (tertiary alicyclic amines) is 2. The standard InChI is InChI=1S/C51H69N11O14/c1-26(2)41(49(74)57-36(23-40(66)67)46(71)55-34(43(52)68)21-30-13-7-6-8-14-30)59-50(75)42(28(4)64)60-44(69)27(3)54-45(70)35(22-31-24-53-33-16-10-9-15-32(31)33)56-48(73)39-18-12-20-62(39)51(76)37(25-63)58-47(72)38-17-11-19-61(38)29(5)65/h6-10,13-16,24,26-28,34-39,41-42,53,63-64H,11-12,17-23,25H2,1-5H3,(H2,52,68)(H,54,70)(H,55,71)(H,56,73)(H,57,74)(H,58,72)(H,59,75)(H,60,69)(H,66,67)/t27-,28+,34-,35-,36-,37-,38-,39-,41-,42-/m0/s1. The van der Waals surface area contributed by atoms with E-state index in [-0.39, 0.29) is 31.7 Å². The van der Waals surface area contributed by atoms with Gasteiger partial charge in [-0.2, -0.15) is 0 Å². The number of rotatable bonds is 25. The third kappa shape index (κ3) is 15.6. The van der Waals surface area contributed by atoms with Crippen LogP contribution in [0.25, 0.3) is 10.9 Å². The van der Waals surface area contributed by atoms with Crippen molar-refractivity contribution >= 4 is 75.9 Å². The lowest BCUT2D eigenvalue weighted by molar-refractivity contribution is -0.144. The zero-order valence-electron chi connectivity index (χ0n) is 43.0. The van der Waals surface area contributed by atoms with Gasteiger partial charge in [0, 0.05) is 50.0 Å². The van der Waals surface area contributed by atoms with E-state index in [1.165, 1.54) is 44.4 Å². The van der Waals surface area contributed by atoms with Crippen LogP contribution >= 0.6 is 0 Å². The first-order chi connectivity index (χ1) is 36.0. The van der Waals surface area contributed by atoms with Crippen LogP contribution in [0.1, 0.15) is 77.8 Å². The van der Waals surface area contributed by atoms with Gasteiger partial charge >= 0.3 is 5.97 Å². The number of aliphatic hydroxyl groups excluding tert-OH is 2. The van der Waals surface area contributed by atoms with Gasteiger partial charge in [0.2, 0.25) is 59.1 Å². The molecule has 2 aliphatic rings. The van der Waals surface area contributed by atoms with E-state index in [2.05, 4.69) is 42.2 Å². The van der Waals surface area contributed by atoms with Crippen molar-refractivity contribution < 1.29 is 68.1 Å². The molecule has 3 heterocycles. The Morgan fingerprint density at radius 2 is 1.20 bits per heavy atom. The number of carboxylic acid groups (broad SMARTS) is 1. The number of para-hydroxylation sites is 1. The molecule has 0 bridgehead atoms. The molecular formula is C51H69N11O14. The number of carbonyl (C=O) groups excluding carboxylic acids is 10. The van der Waals surface area contributed by atoms with Crippen molar-refractivity contribution in [3.8, 4) is 0 Å². The second kappa shape index (κ2) is 27.0. The molecule has 1 aromatic heterocycles. The molecule has 13 N–H and O–H groups in total. The number of aromatic nitrogens is 1. The number of H-pyrrole nitrogens is 1. The largest absolute Gasteiger partial charge is 0.481 e. The van der Waals surface area contributed by atoms with E-state index in [9.17, 15) is 68.1 Å². The number of aromatic amines is 1. The van der Waals surface area contributed by atoms with Crippen molar-refractivity contribution in [3.63, 3.8) is 0 Å². The van der Waals surface area contributed by atoms with Crippen LogP contribution < -0.4 is 43.0 Å². The van der Waals surface area contributed by atoms with E-state index in [4.69, 9.17) is 5.73 Å². The van der Waals surface area contributed by atoms with Gasteiger partial charge in [0.15, 0.2) is 0 Å². The number of hydrogen-bond donors (Lipinski definition) is 12. The van der Waals surface area contributed by atoms with E-state index in [1.807, 2.05) is 0 Å². The second-order valence-electron chi connectivity index (χ2n) is 19.4. The maximum atomic E-state index is 14.2. The summed E-state index contributed by atoms with van der Waals surface area (Å²) in [6.07, 6.45) is 0.429. The molecule has 10 amide bonds. The van der Waals surface area contributed by atoms with Gasteiger partial charge in [-0.15, -0.1) is 0 Å². The Hall–Kier alpha value is -7.93. The molecule has 3 aromatic rings. The highest BCUT2D eigenvalue weighted by molar-refractivity contribution is 5.99. The number of fused-ring (bicyclic) bond motifs is 1. The second-order valence-corrected chi connectivity index (χ2v) is 19.4. The molecule has 0 unspecified atom stereocenters. The summed E-state index contributed by atoms with van der Waals surface area (Å²) in [7, 11) is 0. The first-order valence-corrected chi connectivity index (χ1v) is 25.1. The SMILES string of the molecule is CC(=O)N1CCC[C@H]1C(=O)N[C@@H](CO)C(=O)N1CCC[C@H]1C(=O)N[C@@H](Cc1c[nH]c2ccccc12)C(=O)N[C@@H](C)C(=O)N[C@H](C(=O)N[C@H](C(=O)N[C@@H](CC(=O)O)C(=O)N[C@@H](Cc1ccccc1)C(N)=O)C(C)C)[C@@H](C)O. The van der Waals surface area contributed by atoms with Crippen LogP contribution in [0.2, 0.25) is 0 Å². The fourth-order valence-corrected chi connectivity index (χ4v) is 9.20. The molecule has 2 aromatic carbocycles. The summed E-state index contributed by atoms with van der Waals surface area (Å²) < 4.78 is 0. The summed E-state index contributed by atoms with van der Waals surface area (Å²) in [6.45, 7) is 6.47. The van der Waals surface area contributed by atoms with Gasteiger partial charge < -0.3 is 73.1 Å². The highest BCUT2D eigenvalue weighted by atomic mass is 16.4. The number of carboxylic acids is 1. The Morgan fingerprint density at radius 1 is 0.645 bits per heavy atom. The lowest BCUT2D eigenvalue weighted by Crippen LogP contribution is -2.62. The van der Waals surface area contributed by atoms with Crippen molar-refractivity contribution in [2.45, 2.75) is 140 Å². The maximum absolute atomic E-state index is 14.2. The number of carbonyl (C=O) groups is 11. The number of amides is 10. The topological polar surface area (TPSA) is 381 Å². The van der Waals surface area contributed by atoms with Crippen LogP contribution in [0, 0.1) is 5.92 Å². The zero-order valence-corrected chi connectivity index (χ0v) is 43.0. The van der Waals surface area contributed by atoms with Gasteiger partial charge in [-0.3, -0.25) is 52.7 Å². The molecule has 0 spiro atoms. The molecular weight excluding hydrogens is 991 g/mol. The van der Waals surface area contributed by atoms with Gasteiger partial charge in [-0.25, -0.2) is 0 Å². The van der Waals surface area contributed by atoms with Crippen LogP contribution in [-0.2, 0) is 65.6 Å². The summed E-state index contributed by atoms with van der Waals surface area (Å²) >= 11 is 0. The lowest BCUT2D eigenvalue weighted by atomic mass is 10.0. The molecule has 10 atom stereocenters. The van der Waals surface area contributed by atoms with Crippen LogP contribution in [0.15, 0.2) is 60.8 Å². The number of nitrogens with zero attached hydrogens (tertiary/aromatic N) is 2. The summed E-state index contributed by atoms with van der Waals surface area (Å²) in [5.74, 6) is -10.6. The molecule has 2 fully saturated rings. The molecule has 0 radical (unpaired) electrons. The van der Waals surface area contributed by atoms with E-state index in [0.29, 0.717) is 36.9 Å². The summed E-state index contributed by atoms with van der Waals surface area (Å²) in [5, 5.41) is 48.6.